The summed E-state index contributed by atoms with van der Waals surface area (Å²) in [6.07, 6.45) is 4.62. The molecule has 0 saturated carbocycles. The van der Waals surface area contributed by atoms with E-state index in [0.29, 0.717) is 6.61 Å². The number of nitrogens with one attached hydrogen (secondary N) is 1. The van der Waals surface area contributed by atoms with Crippen molar-refractivity contribution in [2.45, 2.75) is 25.5 Å². The van der Waals surface area contributed by atoms with Crippen molar-refractivity contribution in [2.75, 3.05) is 20.2 Å². The number of aromatic nitrogens is 1. The van der Waals surface area contributed by atoms with Crippen LogP contribution in [0.1, 0.15) is 35.6 Å². The molecule has 1 N–H and O–H groups in total. The van der Waals surface area contributed by atoms with E-state index >= 15 is 0 Å². The van der Waals surface area contributed by atoms with Gasteiger partial charge in [0.2, 0.25) is 0 Å². The Hall–Kier alpha value is -3.24. The Bertz CT molecular complexity index is 1150. The van der Waals surface area contributed by atoms with Gasteiger partial charge < -0.3 is 14.5 Å². The lowest BCUT2D eigenvalue weighted by Gasteiger charge is -2.29. The SMILES string of the molecule is COc1ccccc1C(c1c[nH]c2ccc(OCc3ccccc3)cc12)N1CCCC1. The Morgan fingerprint density at radius 1 is 0.903 bits per heavy atom. The van der Waals surface area contributed by atoms with Crippen molar-refractivity contribution in [1.29, 1.82) is 0 Å². The summed E-state index contributed by atoms with van der Waals surface area (Å²) in [7, 11) is 1.75. The van der Waals surface area contributed by atoms with Gasteiger partial charge in [-0.15, -0.1) is 0 Å². The molecule has 0 aliphatic carbocycles. The Morgan fingerprint density at radius 3 is 2.48 bits per heavy atom. The minimum absolute atomic E-state index is 0.150. The minimum atomic E-state index is 0.150. The highest BCUT2D eigenvalue weighted by Gasteiger charge is 2.29. The molecule has 0 bridgehead atoms. The summed E-state index contributed by atoms with van der Waals surface area (Å²) in [4.78, 5) is 6.04. The van der Waals surface area contributed by atoms with Gasteiger partial charge in [-0.3, -0.25) is 4.90 Å². The molecule has 31 heavy (non-hydrogen) atoms. The third-order valence-electron chi connectivity index (χ3n) is 6.17. The van der Waals surface area contributed by atoms with Crippen LogP contribution in [0.15, 0.2) is 79.0 Å². The zero-order valence-corrected chi connectivity index (χ0v) is 17.9. The van der Waals surface area contributed by atoms with Crippen molar-refractivity contribution >= 4 is 10.9 Å². The molecule has 4 nitrogen and oxygen atoms in total. The maximum Gasteiger partial charge on any atom is 0.123 e. The molecule has 4 heteroatoms. The zero-order chi connectivity index (χ0) is 21.0. The highest BCUT2D eigenvalue weighted by atomic mass is 16.5. The van der Waals surface area contributed by atoms with E-state index in [4.69, 9.17) is 9.47 Å². The van der Waals surface area contributed by atoms with E-state index in [1.165, 1.54) is 34.9 Å². The molecular formula is C27H28N2O2. The smallest absolute Gasteiger partial charge is 0.123 e. The molecule has 1 aromatic heterocycles. The van der Waals surface area contributed by atoms with Crippen LogP contribution in [0.5, 0.6) is 11.5 Å². The molecule has 0 spiro atoms. The van der Waals surface area contributed by atoms with Crippen LogP contribution in [0, 0.1) is 0 Å². The number of fused-ring (bicyclic) bond motifs is 1. The number of aromatic amines is 1. The molecular weight excluding hydrogens is 384 g/mol. The Labute approximate surface area is 183 Å². The van der Waals surface area contributed by atoms with Gasteiger partial charge in [-0.2, -0.15) is 0 Å². The fourth-order valence-electron chi connectivity index (χ4n) is 4.63. The number of benzene rings is 3. The summed E-state index contributed by atoms with van der Waals surface area (Å²) < 4.78 is 11.9. The first-order chi connectivity index (χ1) is 15.3. The summed E-state index contributed by atoms with van der Waals surface area (Å²) in [6, 6.07) is 25.1. The van der Waals surface area contributed by atoms with Gasteiger partial charge in [0.1, 0.15) is 18.1 Å². The molecule has 0 radical (unpaired) electrons. The van der Waals surface area contributed by atoms with Gasteiger partial charge in [-0.25, -0.2) is 0 Å². The Kier molecular flexibility index (Phi) is 5.63. The van der Waals surface area contributed by atoms with Gasteiger partial charge in [0, 0.05) is 22.7 Å². The van der Waals surface area contributed by atoms with E-state index in [-0.39, 0.29) is 6.04 Å². The van der Waals surface area contributed by atoms with Gasteiger partial charge in [-0.1, -0.05) is 48.5 Å². The van der Waals surface area contributed by atoms with Crippen molar-refractivity contribution in [3.05, 3.63) is 95.7 Å². The van der Waals surface area contributed by atoms with E-state index in [1.807, 2.05) is 30.3 Å². The molecule has 2 heterocycles. The van der Waals surface area contributed by atoms with E-state index in [1.54, 1.807) is 7.11 Å². The van der Waals surface area contributed by atoms with Crippen molar-refractivity contribution in [3.8, 4) is 11.5 Å². The molecule has 1 aliphatic heterocycles. The summed E-state index contributed by atoms with van der Waals surface area (Å²) in [5.41, 5.74) is 4.77. The fourth-order valence-corrected chi connectivity index (χ4v) is 4.63. The molecule has 1 saturated heterocycles. The van der Waals surface area contributed by atoms with Crippen LogP contribution in [-0.4, -0.2) is 30.1 Å². The monoisotopic (exact) mass is 412 g/mol. The number of methoxy groups -OCH3 is 1. The third-order valence-corrected chi connectivity index (χ3v) is 6.17. The average molecular weight is 413 g/mol. The Morgan fingerprint density at radius 2 is 1.68 bits per heavy atom. The van der Waals surface area contributed by atoms with E-state index < -0.39 is 0 Å². The largest absolute Gasteiger partial charge is 0.496 e. The lowest BCUT2D eigenvalue weighted by Crippen LogP contribution is -2.26. The van der Waals surface area contributed by atoms with Crippen molar-refractivity contribution in [2.24, 2.45) is 0 Å². The Balaban J connectivity index is 1.53. The molecule has 4 aromatic rings. The molecule has 1 aliphatic rings. The average Bonchev–Trinajstić information content (AvgIpc) is 3.50. The topological polar surface area (TPSA) is 37.5 Å². The second-order valence-corrected chi connectivity index (χ2v) is 8.11. The number of ether oxygens (including phenoxy) is 2. The maximum absolute atomic E-state index is 6.13. The standard InChI is InChI=1S/C27H28N2O2/c1-30-26-12-6-5-11-22(26)27(29-15-7-8-16-29)24-18-28-25-14-13-21(17-23(24)25)31-19-20-9-3-2-4-10-20/h2-6,9-14,17-18,27-28H,7-8,15-16,19H2,1H3. The lowest BCUT2D eigenvalue weighted by atomic mass is 9.96. The van der Waals surface area contributed by atoms with Crippen molar-refractivity contribution in [3.63, 3.8) is 0 Å². The van der Waals surface area contributed by atoms with E-state index in [2.05, 4.69) is 58.5 Å². The second-order valence-electron chi connectivity index (χ2n) is 8.11. The van der Waals surface area contributed by atoms with Crippen LogP contribution in [0.2, 0.25) is 0 Å². The summed E-state index contributed by atoms with van der Waals surface area (Å²) >= 11 is 0. The molecule has 5 rings (SSSR count). The first-order valence-corrected chi connectivity index (χ1v) is 11.0. The van der Waals surface area contributed by atoms with E-state index in [0.717, 1.165) is 30.1 Å². The number of H-pyrrole nitrogens is 1. The minimum Gasteiger partial charge on any atom is -0.496 e. The highest BCUT2D eigenvalue weighted by Crippen LogP contribution is 2.40. The fraction of sp³-hybridized carbons (Fsp3) is 0.259. The van der Waals surface area contributed by atoms with Crippen LogP contribution in [-0.2, 0) is 6.61 Å². The van der Waals surface area contributed by atoms with Crippen LogP contribution < -0.4 is 9.47 Å². The number of nitrogens with zero attached hydrogens (tertiary/aromatic N) is 1. The highest BCUT2D eigenvalue weighted by molar-refractivity contribution is 5.85. The molecule has 0 amide bonds. The van der Waals surface area contributed by atoms with Gasteiger partial charge in [0.15, 0.2) is 0 Å². The number of hydrogen-bond donors (Lipinski definition) is 1. The van der Waals surface area contributed by atoms with Crippen molar-refractivity contribution in [1.82, 2.24) is 9.88 Å². The summed E-state index contributed by atoms with van der Waals surface area (Å²) in [5.74, 6) is 1.82. The number of para-hydroxylation sites is 1. The second kappa shape index (κ2) is 8.86. The van der Waals surface area contributed by atoms with Crippen LogP contribution in [0.3, 0.4) is 0 Å². The molecule has 1 atom stereocenters. The third kappa shape index (κ3) is 4.04. The van der Waals surface area contributed by atoms with Gasteiger partial charge in [0.05, 0.1) is 13.2 Å². The predicted octanol–water partition coefficient (Wildman–Crippen LogP) is 5.94. The number of hydrogen-bond acceptors (Lipinski definition) is 3. The molecule has 158 valence electrons. The molecule has 1 unspecified atom stereocenters. The number of rotatable bonds is 7. The molecule has 3 aromatic carbocycles. The molecule has 1 fully saturated rings. The van der Waals surface area contributed by atoms with Gasteiger partial charge in [-0.05, 0) is 61.3 Å². The van der Waals surface area contributed by atoms with Crippen molar-refractivity contribution < 1.29 is 9.47 Å². The van der Waals surface area contributed by atoms with Gasteiger partial charge in [0.25, 0.3) is 0 Å². The zero-order valence-electron chi connectivity index (χ0n) is 17.9. The lowest BCUT2D eigenvalue weighted by molar-refractivity contribution is 0.275. The maximum atomic E-state index is 6.13. The first kappa shape index (κ1) is 19.7. The quantitative estimate of drug-likeness (QED) is 0.408. The summed E-state index contributed by atoms with van der Waals surface area (Å²) in [5, 5.41) is 1.20. The predicted molar refractivity (Wildman–Crippen MR) is 125 cm³/mol. The van der Waals surface area contributed by atoms with Crippen LogP contribution in [0.4, 0.5) is 0 Å². The number of likely N-dealkylation sites (tertiary alicyclic amines) is 1. The van der Waals surface area contributed by atoms with Crippen LogP contribution >= 0.6 is 0 Å². The normalized spacial score (nSPS) is 15.3. The van der Waals surface area contributed by atoms with Gasteiger partial charge >= 0.3 is 0 Å². The summed E-state index contributed by atoms with van der Waals surface area (Å²) in [6.45, 7) is 2.76. The van der Waals surface area contributed by atoms with Crippen LogP contribution in [0.25, 0.3) is 10.9 Å². The van der Waals surface area contributed by atoms with E-state index in [9.17, 15) is 0 Å². The first-order valence-electron chi connectivity index (χ1n) is 11.0.